The second-order valence-electron chi connectivity index (χ2n) is 9.23. The first-order valence-corrected chi connectivity index (χ1v) is 13.9. The molecule has 0 radical (unpaired) electrons. The number of nitrogens with one attached hydrogen (secondary N) is 1. The predicted octanol–water partition coefficient (Wildman–Crippen LogP) is 5.84. The molecule has 4 rings (SSSR count). The van der Waals surface area contributed by atoms with Crippen LogP contribution < -0.4 is 10.1 Å². The van der Waals surface area contributed by atoms with Gasteiger partial charge in [-0.15, -0.1) is 0 Å². The van der Waals surface area contributed by atoms with Crippen LogP contribution in [0, 0.1) is 25.2 Å². The van der Waals surface area contributed by atoms with Crippen molar-refractivity contribution in [1.82, 2.24) is 4.31 Å². The minimum absolute atomic E-state index is 0.0438. The van der Waals surface area contributed by atoms with E-state index in [1.165, 1.54) is 10.4 Å². The van der Waals surface area contributed by atoms with Crippen molar-refractivity contribution < 1.29 is 22.4 Å². The molecule has 0 fully saturated rings. The van der Waals surface area contributed by atoms with Gasteiger partial charge in [-0.3, -0.25) is 4.79 Å². The highest BCUT2D eigenvalue weighted by Crippen LogP contribution is 2.24. The van der Waals surface area contributed by atoms with Gasteiger partial charge in [-0.1, -0.05) is 47.5 Å². The van der Waals surface area contributed by atoms with E-state index in [-0.39, 0.29) is 29.3 Å². The summed E-state index contributed by atoms with van der Waals surface area (Å²) in [7, 11) is -2.32. The lowest BCUT2D eigenvalue weighted by Crippen LogP contribution is -2.30. The van der Waals surface area contributed by atoms with Gasteiger partial charge in [0.05, 0.1) is 18.6 Å². The molecule has 0 unspecified atom stereocenters. The van der Waals surface area contributed by atoms with Crippen LogP contribution in [0.5, 0.6) is 5.75 Å². The van der Waals surface area contributed by atoms with Gasteiger partial charge in [0.25, 0.3) is 5.91 Å². The molecule has 9 heteroatoms. The van der Waals surface area contributed by atoms with Crippen LogP contribution in [0.3, 0.4) is 0 Å². The molecule has 40 heavy (non-hydrogen) atoms. The van der Waals surface area contributed by atoms with Crippen LogP contribution in [0.1, 0.15) is 28.2 Å². The molecule has 1 N–H and O–H groups in total. The van der Waals surface area contributed by atoms with E-state index in [1.54, 1.807) is 67.8 Å². The largest absolute Gasteiger partial charge is 0.497 e. The molecule has 0 aliphatic carbocycles. The van der Waals surface area contributed by atoms with Gasteiger partial charge in [0.1, 0.15) is 28.9 Å². The van der Waals surface area contributed by atoms with Crippen molar-refractivity contribution in [1.29, 1.82) is 5.26 Å². The molecule has 3 aromatic carbocycles. The summed E-state index contributed by atoms with van der Waals surface area (Å²) in [6.07, 6.45) is 1.32. The molecule has 4 aromatic rings. The molecule has 0 aliphatic heterocycles. The number of benzene rings is 3. The second kappa shape index (κ2) is 12.5. The lowest BCUT2D eigenvalue weighted by molar-refractivity contribution is -0.112. The van der Waals surface area contributed by atoms with Crippen LogP contribution >= 0.6 is 0 Å². The van der Waals surface area contributed by atoms with Crippen LogP contribution in [0.15, 0.2) is 99.8 Å². The third-order valence-corrected chi connectivity index (χ3v) is 7.96. The molecule has 1 amide bonds. The number of carbonyl (C=O) groups excluding carboxylic acids is 1. The fourth-order valence-electron chi connectivity index (χ4n) is 3.88. The molecule has 0 atom stereocenters. The van der Waals surface area contributed by atoms with Crippen LogP contribution in [0.4, 0.5) is 5.69 Å². The summed E-state index contributed by atoms with van der Waals surface area (Å²) in [5, 5.41) is 12.2. The molecule has 0 spiro atoms. The third kappa shape index (κ3) is 7.05. The Bertz CT molecular complexity index is 1650. The van der Waals surface area contributed by atoms with Crippen molar-refractivity contribution in [3.05, 3.63) is 119 Å². The van der Waals surface area contributed by atoms with Crippen LogP contribution in [-0.2, 0) is 27.9 Å². The van der Waals surface area contributed by atoms with Gasteiger partial charge in [0.15, 0.2) is 0 Å². The zero-order chi connectivity index (χ0) is 28.7. The summed E-state index contributed by atoms with van der Waals surface area (Å²) in [6, 6.07) is 26.2. The maximum absolute atomic E-state index is 13.6. The summed E-state index contributed by atoms with van der Waals surface area (Å²) >= 11 is 0. The lowest BCUT2D eigenvalue weighted by Gasteiger charge is -2.21. The number of nitrogens with zero attached hydrogens (tertiary/aromatic N) is 2. The maximum Gasteiger partial charge on any atom is 0.266 e. The highest BCUT2D eigenvalue weighted by molar-refractivity contribution is 7.89. The second-order valence-corrected chi connectivity index (χ2v) is 11.2. The van der Waals surface area contributed by atoms with Crippen molar-refractivity contribution >= 4 is 27.7 Å². The number of anilines is 1. The molecule has 1 heterocycles. The van der Waals surface area contributed by atoms with E-state index in [1.807, 2.05) is 44.2 Å². The number of hydrogen-bond donors (Lipinski definition) is 1. The fraction of sp³-hybridized carbons (Fsp3) is 0.161. The highest BCUT2D eigenvalue weighted by Gasteiger charge is 2.26. The average molecular weight is 556 g/mol. The van der Waals surface area contributed by atoms with E-state index < -0.39 is 15.9 Å². The predicted molar refractivity (Wildman–Crippen MR) is 153 cm³/mol. The van der Waals surface area contributed by atoms with E-state index in [2.05, 4.69) is 5.32 Å². The van der Waals surface area contributed by atoms with Gasteiger partial charge in [0.2, 0.25) is 10.0 Å². The number of amides is 1. The Balaban J connectivity index is 1.56. The number of ether oxygens (including phenoxy) is 1. The molecule has 0 aliphatic rings. The first-order valence-electron chi connectivity index (χ1n) is 12.5. The Morgan fingerprint density at radius 2 is 1.55 bits per heavy atom. The average Bonchev–Trinajstić information content (AvgIpc) is 3.40. The van der Waals surface area contributed by atoms with Gasteiger partial charge in [-0.25, -0.2) is 8.42 Å². The van der Waals surface area contributed by atoms with E-state index >= 15 is 0 Å². The third-order valence-electron chi connectivity index (χ3n) is 6.15. The van der Waals surface area contributed by atoms with Crippen molar-refractivity contribution in [3.63, 3.8) is 0 Å². The highest BCUT2D eigenvalue weighted by atomic mass is 32.2. The van der Waals surface area contributed by atoms with Gasteiger partial charge in [0, 0.05) is 18.3 Å². The first-order chi connectivity index (χ1) is 19.2. The molecule has 8 nitrogen and oxygen atoms in total. The van der Waals surface area contributed by atoms with E-state index in [0.29, 0.717) is 17.2 Å². The summed E-state index contributed by atoms with van der Waals surface area (Å²) in [5.74, 6) is 0.646. The zero-order valence-electron chi connectivity index (χ0n) is 22.4. The summed E-state index contributed by atoms with van der Waals surface area (Å²) in [5.41, 5.74) is 3.19. The number of nitriles is 1. The van der Waals surface area contributed by atoms with Crippen molar-refractivity contribution in [2.24, 2.45) is 0 Å². The number of sulfonamides is 1. The number of rotatable bonds is 10. The van der Waals surface area contributed by atoms with Crippen LogP contribution in [0.25, 0.3) is 6.08 Å². The van der Waals surface area contributed by atoms with Gasteiger partial charge in [-0.2, -0.15) is 9.57 Å². The SMILES string of the molecule is COc1ccc(NC(=O)C(C#N)=Cc2ccc(CN(Cc3ccc(C)cc3)S(=O)(=O)c3ccc(C)cc3)o2)cc1. The Kier molecular flexibility index (Phi) is 8.84. The summed E-state index contributed by atoms with van der Waals surface area (Å²) in [4.78, 5) is 12.8. The van der Waals surface area contributed by atoms with Gasteiger partial charge >= 0.3 is 0 Å². The monoisotopic (exact) mass is 555 g/mol. The molecular formula is C31H29N3O5S. The van der Waals surface area contributed by atoms with Gasteiger partial charge in [-0.05, 0) is 67.9 Å². The van der Waals surface area contributed by atoms with E-state index in [0.717, 1.165) is 16.7 Å². The number of hydrogen-bond acceptors (Lipinski definition) is 6. The Morgan fingerprint density at radius 1 is 0.925 bits per heavy atom. The molecule has 0 bridgehead atoms. The zero-order valence-corrected chi connectivity index (χ0v) is 23.2. The minimum Gasteiger partial charge on any atom is -0.497 e. The topological polar surface area (TPSA) is 113 Å². The smallest absolute Gasteiger partial charge is 0.266 e. The quantitative estimate of drug-likeness (QED) is 0.194. The minimum atomic E-state index is -3.86. The summed E-state index contributed by atoms with van der Waals surface area (Å²) < 4.78 is 39.6. The number of carbonyl (C=O) groups is 1. The lowest BCUT2D eigenvalue weighted by atomic mass is 10.1. The number of aryl methyl sites for hydroxylation is 2. The normalized spacial score (nSPS) is 11.7. The van der Waals surface area contributed by atoms with Crippen LogP contribution in [-0.4, -0.2) is 25.7 Å². The van der Waals surface area contributed by atoms with E-state index in [4.69, 9.17) is 9.15 Å². The number of furan rings is 1. The van der Waals surface area contributed by atoms with Crippen molar-refractivity contribution in [2.75, 3.05) is 12.4 Å². The molecule has 204 valence electrons. The van der Waals surface area contributed by atoms with Crippen molar-refractivity contribution in [3.8, 4) is 11.8 Å². The molecule has 1 aromatic heterocycles. The summed E-state index contributed by atoms with van der Waals surface area (Å²) in [6.45, 7) is 3.95. The first kappa shape index (κ1) is 28.4. The number of methoxy groups -OCH3 is 1. The van der Waals surface area contributed by atoms with E-state index in [9.17, 15) is 18.5 Å². The van der Waals surface area contributed by atoms with Crippen molar-refractivity contribution in [2.45, 2.75) is 31.8 Å². The molecule has 0 saturated carbocycles. The van der Waals surface area contributed by atoms with Gasteiger partial charge < -0.3 is 14.5 Å². The molecule has 0 saturated heterocycles. The van der Waals surface area contributed by atoms with Crippen LogP contribution in [0.2, 0.25) is 0 Å². The maximum atomic E-state index is 13.6. The Labute approximate surface area is 234 Å². The fourth-order valence-corrected chi connectivity index (χ4v) is 5.27. The Morgan fingerprint density at radius 3 is 2.15 bits per heavy atom. The Hall–Kier alpha value is -4.65. The molecular weight excluding hydrogens is 526 g/mol. The standard InChI is InChI=1S/C31H29N3O5S/c1-22-4-8-24(9-5-22)20-34(40(36,37)30-16-6-23(2)7-17-30)21-29-15-14-28(39-29)18-25(19-32)31(35)33-26-10-12-27(38-3)13-11-26/h4-18H,20-21H2,1-3H3,(H,33,35).